The monoisotopic (exact) mass is 345 g/mol. The molecule has 134 valence electrons. The molecule has 1 aromatic heterocycles. The maximum Gasteiger partial charge on any atom is 0.407 e. The number of nitrogens with one attached hydrogen (secondary N) is 1. The highest BCUT2D eigenvalue weighted by Gasteiger charge is 2.18. The van der Waals surface area contributed by atoms with Crippen LogP contribution in [0.2, 0.25) is 0 Å². The number of aromatic nitrogens is 2. The molecular formula is C18H23N3O4. The number of carbonyl (C=O) groups is 2. The third-order valence-corrected chi connectivity index (χ3v) is 3.24. The standard InChI is InChI=1S/C18H23N3O4/c1-18(2,3)25-17(23)19-10-11-21-15(16(22)24-4)12-14(20-21)13-8-6-5-7-9-13/h5-9,12H,10-11H2,1-4H3,(H,19,23). The van der Waals surface area contributed by atoms with E-state index in [1.54, 1.807) is 26.8 Å². The summed E-state index contributed by atoms with van der Waals surface area (Å²) in [5, 5.41) is 7.09. The van der Waals surface area contributed by atoms with Crippen LogP contribution in [-0.4, -0.2) is 41.1 Å². The molecule has 1 amide bonds. The van der Waals surface area contributed by atoms with Gasteiger partial charge in [0.25, 0.3) is 0 Å². The van der Waals surface area contributed by atoms with Gasteiger partial charge < -0.3 is 14.8 Å². The number of alkyl carbamates (subject to hydrolysis) is 1. The van der Waals surface area contributed by atoms with Crippen LogP contribution in [0.25, 0.3) is 11.3 Å². The molecule has 7 nitrogen and oxygen atoms in total. The molecule has 1 aromatic carbocycles. The second-order valence-electron chi connectivity index (χ2n) is 6.42. The number of amides is 1. The van der Waals surface area contributed by atoms with Gasteiger partial charge in [-0.25, -0.2) is 9.59 Å². The van der Waals surface area contributed by atoms with Crippen molar-refractivity contribution in [3.63, 3.8) is 0 Å². The summed E-state index contributed by atoms with van der Waals surface area (Å²) in [6, 6.07) is 11.2. The normalized spacial score (nSPS) is 11.0. The van der Waals surface area contributed by atoms with Gasteiger partial charge in [-0.05, 0) is 26.8 Å². The van der Waals surface area contributed by atoms with Gasteiger partial charge in [0.1, 0.15) is 11.3 Å². The summed E-state index contributed by atoms with van der Waals surface area (Å²) in [6.45, 7) is 5.97. The molecule has 7 heteroatoms. The predicted molar refractivity (Wildman–Crippen MR) is 93.2 cm³/mol. The summed E-state index contributed by atoms with van der Waals surface area (Å²) in [5.74, 6) is -0.480. The molecule has 1 N–H and O–H groups in total. The highest BCUT2D eigenvalue weighted by Crippen LogP contribution is 2.19. The summed E-state index contributed by atoms with van der Waals surface area (Å²) in [4.78, 5) is 23.7. The molecule has 0 spiro atoms. The summed E-state index contributed by atoms with van der Waals surface area (Å²) in [6.07, 6.45) is -0.512. The third kappa shape index (κ3) is 5.34. The van der Waals surface area contributed by atoms with Crippen molar-refractivity contribution in [1.82, 2.24) is 15.1 Å². The quantitative estimate of drug-likeness (QED) is 0.843. The Morgan fingerprint density at radius 2 is 1.88 bits per heavy atom. The Morgan fingerprint density at radius 1 is 1.20 bits per heavy atom. The molecule has 0 saturated carbocycles. The van der Waals surface area contributed by atoms with Crippen LogP contribution in [0.5, 0.6) is 0 Å². The van der Waals surface area contributed by atoms with Crippen molar-refractivity contribution in [1.29, 1.82) is 0 Å². The van der Waals surface area contributed by atoms with Gasteiger partial charge in [0.15, 0.2) is 0 Å². The topological polar surface area (TPSA) is 82.5 Å². The van der Waals surface area contributed by atoms with E-state index in [0.717, 1.165) is 5.56 Å². The molecule has 2 aromatic rings. The number of hydrogen-bond acceptors (Lipinski definition) is 5. The lowest BCUT2D eigenvalue weighted by atomic mass is 10.1. The smallest absolute Gasteiger partial charge is 0.407 e. The predicted octanol–water partition coefficient (Wildman–Crippen LogP) is 2.86. The van der Waals surface area contributed by atoms with Crippen LogP contribution >= 0.6 is 0 Å². The number of rotatable bonds is 5. The Kier molecular flexibility index (Phi) is 5.80. The largest absolute Gasteiger partial charge is 0.464 e. The maximum absolute atomic E-state index is 12.0. The van der Waals surface area contributed by atoms with Crippen LogP contribution < -0.4 is 5.32 Å². The summed E-state index contributed by atoms with van der Waals surface area (Å²) in [5.41, 5.74) is 1.32. The molecule has 1 heterocycles. The van der Waals surface area contributed by atoms with Crippen molar-refractivity contribution in [3.8, 4) is 11.3 Å². The van der Waals surface area contributed by atoms with Crippen LogP contribution in [0.3, 0.4) is 0 Å². The van der Waals surface area contributed by atoms with Gasteiger partial charge in [-0.15, -0.1) is 0 Å². The first-order valence-corrected chi connectivity index (χ1v) is 7.98. The van der Waals surface area contributed by atoms with Crippen molar-refractivity contribution < 1.29 is 19.1 Å². The van der Waals surface area contributed by atoms with Crippen molar-refractivity contribution in [2.45, 2.75) is 32.9 Å². The molecular weight excluding hydrogens is 322 g/mol. The second-order valence-corrected chi connectivity index (χ2v) is 6.42. The van der Waals surface area contributed by atoms with E-state index >= 15 is 0 Å². The molecule has 0 unspecified atom stereocenters. The van der Waals surface area contributed by atoms with E-state index in [-0.39, 0.29) is 6.54 Å². The van der Waals surface area contributed by atoms with Crippen LogP contribution in [-0.2, 0) is 16.0 Å². The Bertz CT molecular complexity index is 733. The van der Waals surface area contributed by atoms with Crippen molar-refractivity contribution in [3.05, 3.63) is 42.1 Å². The number of carbonyl (C=O) groups excluding carboxylic acids is 2. The number of nitrogens with zero attached hydrogens (tertiary/aromatic N) is 2. The van der Waals surface area contributed by atoms with Crippen LogP contribution in [0.1, 0.15) is 31.3 Å². The van der Waals surface area contributed by atoms with E-state index in [9.17, 15) is 9.59 Å². The molecule has 0 atom stereocenters. The number of esters is 1. The average Bonchev–Trinajstić information content (AvgIpc) is 2.97. The summed E-state index contributed by atoms with van der Waals surface area (Å²) >= 11 is 0. The Morgan fingerprint density at radius 3 is 2.48 bits per heavy atom. The molecule has 0 aliphatic carbocycles. The first-order chi connectivity index (χ1) is 11.8. The number of benzene rings is 1. The minimum atomic E-state index is -0.562. The SMILES string of the molecule is COC(=O)c1cc(-c2ccccc2)nn1CCNC(=O)OC(C)(C)C. The second kappa shape index (κ2) is 7.83. The lowest BCUT2D eigenvalue weighted by Gasteiger charge is -2.19. The zero-order valence-electron chi connectivity index (χ0n) is 14.9. The third-order valence-electron chi connectivity index (χ3n) is 3.24. The Balaban J connectivity index is 2.10. The number of methoxy groups -OCH3 is 1. The van der Waals surface area contributed by atoms with Crippen molar-refractivity contribution in [2.24, 2.45) is 0 Å². The van der Waals surface area contributed by atoms with Crippen LogP contribution in [0.4, 0.5) is 4.79 Å². The Hall–Kier alpha value is -2.83. The van der Waals surface area contributed by atoms with Crippen LogP contribution in [0, 0.1) is 0 Å². The maximum atomic E-state index is 12.0. The van der Waals surface area contributed by atoms with E-state index < -0.39 is 17.7 Å². The van der Waals surface area contributed by atoms with E-state index in [2.05, 4.69) is 10.4 Å². The zero-order chi connectivity index (χ0) is 18.4. The molecule has 0 fully saturated rings. The van der Waals surface area contributed by atoms with Crippen LogP contribution in [0.15, 0.2) is 36.4 Å². The summed E-state index contributed by atoms with van der Waals surface area (Å²) < 4.78 is 11.5. The Labute approximate surface area is 146 Å². The molecule has 0 aliphatic rings. The first kappa shape index (κ1) is 18.5. The lowest BCUT2D eigenvalue weighted by molar-refractivity contribution is 0.0525. The van der Waals surface area contributed by atoms with Gasteiger partial charge in [0, 0.05) is 12.1 Å². The zero-order valence-corrected chi connectivity index (χ0v) is 14.9. The minimum Gasteiger partial charge on any atom is -0.464 e. The average molecular weight is 345 g/mol. The van der Waals surface area contributed by atoms with E-state index in [1.165, 1.54) is 11.8 Å². The molecule has 0 bridgehead atoms. The van der Waals surface area contributed by atoms with Gasteiger partial charge in [-0.1, -0.05) is 30.3 Å². The van der Waals surface area contributed by atoms with Gasteiger partial charge >= 0.3 is 12.1 Å². The highest BCUT2D eigenvalue weighted by atomic mass is 16.6. The van der Waals surface area contributed by atoms with E-state index in [0.29, 0.717) is 17.9 Å². The van der Waals surface area contributed by atoms with Gasteiger partial charge in [-0.3, -0.25) is 4.68 Å². The fraction of sp³-hybridized carbons (Fsp3) is 0.389. The highest BCUT2D eigenvalue weighted by molar-refractivity contribution is 5.89. The molecule has 0 aliphatic heterocycles. The minimum absolute atomic E-state index is 0.273. The molecule has 0 saturated heterocycles. The fourth-order valence-electron chi connectivity index (χ4n) is 2.18. The first-order valence-electron chi connectivity index (χ1n) is 7.98. The number of ether oxygens (including phenoxy) is 2. The molecule has 25 heavy (non-hydrogen) atoms. The lowest BCUT2D eigenvalue weighted by Crippen LogP contribution is -2.34. The van der Waals surface area contributed by atoms with E-state index in [4.69, 9.17) is 9.47 Å². The number of hydrogen-bond donors (Lipinski definition) is 1. The van der Waals surface area contributed by atoms with Crippen molar-refractivity contribution in [2.75, 3.05) is 13.7 Å². The van der Waals surface area contributed by atoms with Crippen molar-refractivity contribution >= 4 is 12.1 Å². The molecule has 2 rings (SSSR count). The van der Waals surface area contributed by atoms with Gasteiger partial charge in [0.2, 0.25) is 0 Å². The van der Waals surface area contributed by atoms with Gasteiger partial charge in [-0.2, -0.15) is 5.10 Å². The summed E-state index contributed by atoms with van der Waals surface area (Å²) in [7, 11) is 1.32. The van der Waals surface area contributed by atoms with E-state index in [1.807, 2.05) is 30.3 Å². The molecule has 0 radical (unpaired) electrons. The fourth-order valence-corrected chi connectivity index (χ4v) is 2.18. The van der Waals surface area contributed by atoms with Gasteiger partial charge in [0.05, 0.1) is 19.3 Å².